The first-order valence-corrected chi connectivity index (χ1v) is 7.48. The predicted octanol–water partition coefficient (Wildman–Crippen LogP) is 2.29. The summed E-state index contributed by atoms with van der Waals surface area (Å²) in [5.41, 5.74) is 0. The van der Waals surface area contributed by atoms with Crippen molar-refractivity contribution in [1.29, 1.82) is 0 Å². The van der Waals surface area contributed by atoms with Crippen molar-refractivity contribution in [3.05, 3.63) is 30.1 Å². The fourth-order valence-corrected chi connectivity index (χ4v) is 2.97. The Kier molecular flexibility index (Phi) is 5.22. The molecule has 0 radical (unpaired) electrons. The van der Waals surface area contributed by atoms with Crippen LogP contribution in [0.25, 0.3) is 0 Å². The van der Waals surface area contributed by atoms with Crippen LogP contribution in [0.1, 0.15) is 19.3 Å². The zero-order chi connectivity index (χ0) is 13.7. The number of nitrogens with zero attached hydrogens (tertiary/aromatic N) is 1. The molecule has 3 nitrogen and oxygen atoms in total. The number of hydrogen-bond acceptors (Lipinski definition) is 3. The molecular weight excluding hydrogens is 265 g/mol. The number of amides is 1. The van der Waals surface area contributed by atoms with Crippen LogP contribution in [-0.2, 0) is 4.79 Å². The number of hydrogen-bond donors (Lipinski definition) is 1. The quantitative estimate of drug-likeness (QED) is 0.862. The number of rotatable bonds is 4. The average molecular weight is 283 g/mol. The van der Waals surface area contributed by atoms with Crippen molar-refractivity contribution in [1.82, 2.24) is 4.90 Å². The second kappa shape index (κ2) is 6.91. The highest BCUT2D eigenvalue weighted by atomic mass is 32.2. The maximum Gasteiger partial charge on any atom is 0.223 e. The number of β-amino-alcohol motifs (C(OH)–C–C–N with tert-alkyl or cyclic N) is 1. The number of thioether (sulfide) groups is 1. The first-order valence-electron chi connectivity index (χ1n) is 6.49. The maximum absolute atomic E-state index is 12.7. The van der Waals surface area contributed by atoms with Gasteiger partial charge in [0.25, 0.3) is 0 Å². The molecule has 0 bridgehead atoms. The largest absolute Gasteiger partial charge is 0.391 e. The SMILES string of the molecule is O=C(CCSc1ccc(F)cc1)N1CCC[C@H](O)C1. The Labute approximate surface area is 116 Å². The molecule has 0 aromatic heterocycles. The monoisotopic (exact) mass is 283 g/mol. The third-order valence-electron chi connectivity index (χ3n) is 3.15. The van der Waals surface area contributed by atoms with Crippen LogP contribution >= 0.6 is 11.8 Å². The lowest BCUT2D eigenvalue weighted by molar-refractivity contribution is -0.133. The summed E-state index contributed by atoms with van der Waals surface area (Å²) < 4.78 is 12.7. The van der Waals surface area contributed by atoms with Crippen molar-refractivity contribution in [2.45, 2.75) is 30.3 Å². The standard InChI is InChI=1S/C14H18FNO2S/c15-11-3-5-13(6-4-11)19-9-7-14(18)16-8-1-2-12(17)10-16/h3-6,12,17H,1-2,7-10H2/t12-/m0/s1. The molecule has 0 unspecified atom stereocenters. The minimum Gasteiger partial charge on any atom is -0.391 e. The third-order valence-corrected chi connectivity index (χ3v) is 4.16. The summed E-state index contributed by atoms with van der Waals surface area (Å²) in [6.45, 7) is 1.21. The van der Waals surface area contributed by atoms with Gasteiger partial charge in [0.15, 0.2) is 0 Å². The molecule has 1 aromatic rings. The van der Waals surface area contributed by atoms with Crippen molar-refractivity contribution >= 4 is 17.7 Å². The molecule has 0 spiro atoms. The first kappa shape index (κ1) is 14.3. The Balaban J connectivity index is 1.73. The number of piperidine rings is 1. The number of likely N-dealkylation sites (tertiary alicyclic amines) is 1. The minimum atomic E-state index is -0.373. The Morgan fingerprint density at radius 3 is 2.84 bits per heavy atom. The van der Waals surface area contributed by atoms with E-state index in [1.54, 1.807) is 28.8 Å². The van der Waals surface area contributed by atoms with Gasteiger partial charge in [-0.1, -0.05) is 0 Å². The molecule has 104 valence electrons. The Bertz CT molecular complexity index is 424. The Hall–Kier alpha value is -1.07. The van der Waals surface area contributed by atoms with E-state index in [1.165, 1.54) is 12.1 Å². The van der Waals surface area contributed by atoms with E-state index in [0.717, 1.165) is 24.3 Å². The van der Waals surface area contributed by atoms with E-state index in [2.05, 4.69) is 0 Å². The molecule has 5 heteroatoms. The zero-order valence-electron chi connectivity index (χ0n) is 10.7. The number of benzene rings is 1. The molecule has 1 aromatic carbocycles. The molecule has 1 fully saturated rings. The van der Waals surface area contributed by atoms with Crippen molar-refractivity contribution in [2.24, 2.45) is 0 Å². The molecule has 1 amide bonds. The van der Waals surface area contributed by atoms with E-state index >= 15 is 0 Å². The van der Waals surface area contributed by atoms with E-state index in [4.69, 9.17) is 0 Å². The summed E-state index contributed by atoms with van der Waals surface area (Å²) in [6, 6.07) is 6.28. The molecule has 1 atom stereocenters. The molecule has 1 aliphatic rings. The van der Waals surface area contributed by atoms with Gasteiger partial charge in [-0.3, -0.25) is 4.79 Å². The van der Waals surface area contributed by atoms with Crippen LogP contribution in [0.2, 0.25) is 0 Å². The number of carbonyl (C=O) groups excluding carboxylic acids is 1. The van der Waals surface area contributed by atoms with Gasteiger partial charge in [0.2, 0.25) is 5.91 Å². The molecule has 0 aliphatic carbocycles. The summed E-state index contributed by atoms with van der Waals surface area (Å²) >= 11 is 1.55. The van der Waals surface area contributed by atoms with Crippen LogP contribution in [0.15, 0.2) is 29.2 Å². The molecular formula is C14H18FNO2S. The van der Waals surface area contributed by atoms with Crippen LogP contribution in [-0.4, -0.2) is 40.9 Å². The summed E-state index contributed by atoms with van der Waals surface area (Å²) in [6.07, 6.45) is 1.74. The molecule has 1 aliphatic heterocycles. The third kappa shape index (κ3) is 4.51. The number of aliphatic hydroxyl groups excluding tert-OH is 1. The van der Waals surface area contributed by atoms with Crippen LogP contribution in [0.4, 0.5) is 4.39 Å². The van der Waals surface area contributed by atoms with Crippen molar-refractivity contribution in [3.8, 4) is 0 Å². The van der Waals surface area contributed by atoms with Gasteiger partial charge in [-0.15, -0.1) is 11.8 Å². The van der Waals surface area contributed by atoms with Crippen molar-refractivity contribution in [3.63, 3.8) is 0 Å². The van der Waals surface area contributed by atoms with Gasteiger partial charge in [-0.25, -0.2) is 4.39 Å². The fraction of sp³-hybridized carbons (Fsp3) is 0.500. The second-order valence-electron chi connectivity index (χ2n) is 4.69. The van der Waals surface area contributed by atoms with Gasteiger partial charge in [0.05, 0.1) is 6.10 Å². The smallest absolute Gasteiger partial charge is 0.223 e. The van der Waals surface area contributed by atoms with E-state index in [0.29, 0.717) is 18.7 Å². The van der Waals surface area contributed by atoms with Gasteiger partial charge >= 0.3 is 0 Å². The molecule has 19 heavy (non-hydrogen) atoms. The van der Waals surface area contributed by atoms with Gasteiger partial charge in [0.1, 0.15) is 5.82 Å². The maximum atomic E-state index is 12.7. The predicted molar refractivity (Wildman–Crippen MR) is 73.6 cm³/mol. The highest BCUT2D eigenvalue weighted by Gasteiger charge is 2.21. The van der Waals surface area contributed by atoms with Gasteiger partial charge in [0, 0.05) is 30.2 Å². The van der Waals surface area contributed by atoms with Crippen LogP contribution in [0.5, 0.6) is 0 Å². The van der Waals surface area contributed by atoms with E-state index in [-0.39, 0.29) is 17.8 Å². The summed E-state index contributed by atoms with van der Waals surface area (Å²) in [5.74, 6) is 0.521. The molecule has 1 saturated heterocycles. The Morgan fingerprint density at radius 1 is 1.42 bits per heavy atom. The van der Waals surface area contributed by atoms with Gasteiger partial charge < -0.3 is 10.0 Å². The first-order chi connectivity index (χ1) is 9.15. The van der Waals surface area contributed by atoms with E-state index in [1.807, 2.05) is 0 Å². The van der Waals surface area contributed by atoms with Crippen LogP contribution in [0.3, 0.4) is 0 Å². The van der Waals surface area contributed by atoms with Gasteiger partial charge in [-0.2, -0.15) is 0 Å². The number of carbonyl (C=O) groups is 1. The zero-order valence-corrected chi connectivity index (χ0v) is 11.5. The molecule has 1 heterocycles. The second-order valence-corrected chi connectivity index (χ2v) is 5.86. The van der Waals surface area contributed by atoms with Crippen molar-refractivity contribution < 1.29 is 14.3 Å². The lowest BCUT2D eigenvalue weighted by atomic mass is 10.1. The topological polar surface area (TPSA) is 40.5 Å². The van der Waals surface area contributed by atoms with E-state index < -0.39 is 0 Å². The highest BCUT2D eigenvalue weighted by molar-refractivity contribution is 7.99. The highest BCUT2D eigenvalue weighted by Crippen LogP contribution is 2.20. The molecule has 2 rings (SSSR count). The van der Waals surface area contributed by atoms with E-state index in [9.17, 15) is 14.3 Å². The van der Waals surface area contributed by atoms with Crippen LogP contribution in [0, 0.1) is 5.82 Å². The van der Waals surface area contributed by atoms with Crippen molar-refractivity contribution in [2.75, 3.05) is 18.8 Å². The number of aliphatic hydroxyl groups is 1. The average Bonchev–Trinajstić information content (AvgIpc) is 2.41. The summed E-state index contributed by atoms with van der Waals surface area (Å²) in [4.78, 5) is 14.6. The lowest BCUT2D eigenvalue weighted by Crippen LogP contribution is -2.42. The lowest BCUT2D eigenvalue weighted by Gasteiger charge is -2.30. The normalized spacial score (nSPS) is 19.5. The van der Waals surface area contributed by atoms with Crippen LogP contribution < -0.4 is 0 Å². The Morgan fingerprint density at radius 2 is 2.16 bits per heavy atom. The fourth-order valence-electron chi connectivity index (χ4n) is 2.13. The summed E-state index contributed by atoms with van der Waals surface area (Å²) in [7, 11) is 0. The van der Waals surface area contributed by atoms with Gasteiger partial charge in [-0.05, 0) is 37.1 Å². The number of halogens is 1. The summed E-state index contributed by atoms with van der Waals surface area (Å²) in [5, 5.41) is 9.52. The molecule has 1 N–H and O–H groups in total. The minimum absolute atomic E-state index is 0.0911. The molecule has 0 saturated carbocycles.